The third-order valence-corrected chi connectivity index (χ3v) is 4.71. The number of methoxy groups -OCH3 is 1. The molecule has 2 rings (SSSR count). The first kappa shape index (κ1) is 15.2. The molecule has 0 radical (unpaired) electrons. The maximum absolute atomic E-state index is 10.8. The van der Waals surface area contributed by atoms with Crippen molar-refractivity contribution in [1.29, 1.82) is 0 Å². The highest BCUT2D eigenvalue weighted by Gasteiger charge is 2.21. The van der Waals surface area contributed by atoms with Crippen molar-refractivity contribution in [2.45, 2.75) is 38.2 Å². The van der Waals surface area contributed by atoms with Crippen LogP contribution in [0.25, 0.3) is 0 Å². The Morgan fingerprint density at radius 2 is 2.15 bits per heavy atom. The van der Waals surface area contributed by atoms with Crippen LogP contribution in [-0.2, 0) is 4.79 Å². The lowest BCUT2D eigenvalue weighted by Gasteiger charge is -2.26. The van der Waals surface area contributed by atoms with Gasteiger partial charge in [0.1, 0.15) is 12.4 Å². The highest BCUT2D eigenvalue weighted by molar-refractivity contribution is 7.99. The van der Waals surface area contributed by atoms with Gasteiger partial charge in [-0.05, 0) is 36.3 Å². The van der Waals surface area contributed by atoms with Gasteiger partial charge in [0, 0.05) is 12.0 Å². The van der Waals surface area contributed by atoms with Gasteiger partial charge in [-0.15, -0.1) is 0 Å². The fourth-order valence-corrected chi connectivity index (χ4v) is 3.50. The molecule has 1 fully saturated rings. The second-order valence-corrected chi connectivity index (χ2v) is 6.34. The molecule has 3 nitrogen and oxygen atoms in total. The summed E-state index contributed by atoms with van der Waals surface area (Å²) in [4.78, 5) is 10.8. The van der Waals surface area contributed by atoms with Crippen LogP contribution in [0.4, 0.5) is 0 Å². The molecule has 20 heavy (non-hydrogen) atoms. The number of carbonyl (C=O) groups excluding carboxylic acids is 1. The molecule has 1 unspecified atom stereocenters. The van der Waals surface area contributed by atoms with Gasteiger partial charge >= 0.3 is 0 Å². The number of hydrogen-bond acceptors (Lipinski definition) is 4. The maximum atomic E-state index is 10.8. The van der Waals surface area contributed by atoms with Gasteiger partial charge in [0.15, 0.2) is 11.5 Å². The van der Waals surface area contributed by atoms with Gasteiger partial charge < -0.3 is 14.3 Å². The van der Waals surface area contributed by atoms with Crippen molar-refractivity contribution in [3.8, 4) is 11.5 Å². The van der Waals surface area contributed by atoms with E-state index in [4.69, 9.17) is 9.47 Å². The van der Waals surface area contributed by atoms with Crippen molar-refractivity contribution >= 4 is 18.0 Å². The van der Waals surface area contributed by atoms with Gasteiger partial charge in [0.2, 0.25) is 0 Å². The summed E-state index contributed by atoms with van der Waals surface area (Å²) < 4.78 is 11.7. The Morgan fingerprint density at radius 1 is 1.40 bits per heavy atom. The number of benzene rings is 1. The number of carbonyl (C=O) groups is 1. The molecule has 1 aromatic carbocycles. The zero-order chi connectivity index (χ0) is 14.4. The Bertz CT molecular complexity index is 441. The highest BCUT2D eigenvalue weighted by atomic mass is 32.2. The predicted octanol–water partition coefficient (Wildman–Crippen LogP) is 3.66. The van der Waals surface area contributed by atoms with Crippen LogP contribution in [0.1, 0.15) is 37.7 Å². The molecule has 0 spiro atoms. The lowest BCUT2D eigenvalue weighted by molar-refractivity contribution is -0.108. The number of aldehydes is 1. The molecule has 4 heteroatoms. The number of hydrogen-bond donors (Lipinski definition) is 0. The number of para-hydroxylation sites is 1. The fraction of sp³-hybridized carbons (Fsp3) is 0.562. The van der Waals surface area contributed by atoms with Crippen LogP contribution in [0, 0.1) is 0 Å². The molecule has 0 aliphatic carbocycles. The van der Waals surface area contributed by atoms with Crippen LogP contribution in [-0.4, -0.2) is 31.0 Å². The Labute approximate surface area is 125 Å². The Morgan fingerprint density at radius 3 is 2.80 bits per heavy atom. The van der Waals surface area contributed by atoms with Gasteiger partial charge in [-0.3, -0.25) is 0 Å². The second kappa shape index (κ2) is 7.58. The molecular formula is C16H22O3S. The first-order chi connectivity index (χ1) is 9.76. The lowest BCUT2D eigenvalue weighted by atomic mass is 9.97. The third kappa shape index (κ3) is 3.69. The summed E-state index contributed by atoms with van der Waals surface area (Å²) in [6.45, 7) is 2.05. The van der Waals surface area contributed by atoms with Gasteiger partial charge in [-0.2, -0.15) is 11.8 Å². The second-order valence-electron chi connectivity index (χ2n) is 5.11. The molecule has 1 aliphatic heterocycles. The van der Waals surface area contributed by atoms with E-state index >= 15 is 0 Å². The van der Waals surface area contributed by atoms with E-state index in [1.54, 1.807) is 7.11 Å². The van der Waals surface area contributed by atoms with E-state index in [2.05, 4.69) is 0 Å². The van der Waals surface area contributed by atoms with E-state index in [9.17, 15) is 4.79 Å². The lowest BCUT2D eigenvalue weighted by Crippen LogP contribution is -2.23. The Kier molecular flexibility index (Phi) is 5.77. The maximum Gasteiger partial charge on any atom is 0.165 e. The summed E-state index contributed by atoms with van der Waals surface area (Å²) >= 11 is 1.98. The summed E-state index contributed by atoms with van der Waals surface area (Å²) in [5, 5.41) is 0. The molecule has 1 heterocycles. The van der Waals surface area contributed by atoms with Crippen molar-refractivity contribution in [2.24, 2.45) is 0 Å². The van der Waals surface area contributed by atoms with Crippen molar-refractivity contribution in [1.82, 2.24) is 0 Å². The summed E-state index contributed by atoms with van der Waals surface area (Å²) in [6.07, 6.45) is 3.87. The zero-order valence-electron chi connectivity index (χ0n) is 12.1. The fourth-order valence-electron chi connectivity index (χ4n) is 2.44. The van der Waals surface area contributed by atoms with Crippen LogP contribution >= 0.6 is 11.8 Å². The number of ether oxygens (including phenoxy) is 2. The van der Waals surface area contributed by atoms with Crippen molar-refractivity contribution in [2.75, 3.05) is 18.6 Å². The topological polar surface area (TPSA) is 35.5 Å². The summed E-state index contributed by atoms with van der Waals surface area (Å²) in [6, 6.07) is 5.91. The van der Waals surface area contributed by atoms with Crippen molar-refractivity contribution in [3.63, 3.8) is 0 Å². The van der Waals surface area contributed by atoms with Crippen LogP contribution in [0.15, 0.2) is 18.2 Å². The zero-order valence-corrected chi connectivity index (χ0v) is 12.9. The van der Waals surface area contributed by atoms with Crippen molar-refractivity contribution < 1.29 is 14.3 Å². The minimum atomic E-state index is 0.149. The van der Waals surface area contributed by atoms with Gasteiger partial charge in [-0.1, -0.05) is 19.1 Å². The monoisotopic (exact) mass is 294 g/mol. The van der Waals surface area contributed by atoms with Crippen LogP contribution in [0.5, 0.6) is 11.5 Å². The molecule has 0 aromatic heterocycles. The number of thioether (sulfide) groups is 1. The minimum Gasteiger partial charge on any atom is -0.493 e. The largest absolute Gasteiger partial charge is 0.493 e. The van der Waals surface area contributed by atoms with E-state index in [1.165, 1.54) is 0 Å². The molecule has 1 aliphatic rings. The first-order valence-electron chi connectivity index (χ1n) is 7.11. The van der Waals surface area contributed by atoms with Gasteiger partial charge in [0.25, 0.3) is 0 Å². The van der Waals surface area contributed by atoms with Crippen LogP contribution in [0.3, 0.4) is 0 Å². The summed E-state index contributed by atoms with van der Waals surface area (Å²) in [7, 11) is 1.66. The molecule has 110 valence electrons. The Balaban J connectivity index is 2.24. The average molecular weight is 294 g/mol. The molecule has 0 saturated carbocycles. The smallest absolute Gasteiger partial charge is 0.165 e. The van der Waals surface area contributed by atoms with Crippen LogP contribution in [0.2, 0.25) is 0 Å². The molecule has 0 amide bonds. The van der Waals surface area contributed by atoms with E-state index in [0.29, 0.717) is 6.42 Å². The number of rotatable bonds is 6. The molecule has 1 aromatic rings. The molecule has 1 saturated heterocycles. The summed E-state index contributed by atoms with van der Waals surface area (Å²) in [5.41, 5.74) is 1.06. The summed E-state index contributed by atoms with van der Waals surface area (Å²) in [5.74, 6) is 4.04. The Hall–Kier alpha value is -1.16. The van der Waals surface area contributed by atoms with Crippen molar-refractivity contribution in [3.05, 3.63) is 23.8 Å². The third-order valence-electron chi connectivity index (χ3n) is 3.66. The van der Waals surface area contributed by atoms with E-state index < -0.39 is 0 Å². The highest BCUT2D eigenvalue weighted by Crippen LogP contribution is 2.38. The minimum absolute atomic E-state index is 0.149. The first-order valence-corrected chi connectivity index (χ1v) is 8.26. The standard InChI is InChI=1S/C16H22O3S/c1-12(6-9-17)14-4-3-5-15(18-2)16(14)19-13-7-10-20-11-8-13/h3-5,9,12-13H,6-8,10-11H2,1-2H3. The predicted molar refractivity (Wildman–Crippen MR) is 83.1 cm³/mol. The molecular weight excluding hydrogens is 272 g/mol. The average Bonchev–Trinajstić information content (AvgIpc) is 2.48. The van der Waals surface area contributed by atoms with Crippen LogP contribution < -0.4 is 9.47 Å². The molecule has 1 atom stereocenters. The van der Waals surface area contributed by atoms with Gasteiger partial charge in [0.05, 0.1) is 7.11 Å². The quantitative estimate of drug-likeness (QED) is 0.750. The van der Waals surface area contributed by atoms with E-state index in [1.807, 2.05) is 36.9 Å². The molecule has 0 N–H and O–H groups in total. The van der Waals surface area contributed by atoms with E-state index in [0.717, 1.165) is 47.7 Å². The normalized spacial score (nSPS) is 17.5. The molecule has 0 bridgehead atoms. The van der Waals surface area contributed by atoms with Gasteiger partial charge in [-0.25, -0.2) is 0 Å². The SMILES string of the molecule is COc1cccc(C(C)CC=O)c1OC1CCSCC1. The van der Waals surface area contributed by atoms with E-state index in [-0.39, 0.29) is 12.0 Å².